The van der Waals surface area contributed by atoms with Gasteiger partial charge in [-0.25, -0.2) is 4.98 Å². The van der Waals surface area contributed by atoms with Gasteiger partial charge >= 0.3 is 0 Å². The summed E-state index contributed by atoms with van der Waals surface area (Å²) in [4.78, 5) is 17.2. The highest BCUT2D eigenvalue weighted by Gasteiger charge is 2.24. The highest BCUT2D eigenvalue weighted by Crippen LogP contribution is 2.38. The van der Waals surface area contributed by atoms with E-state index in [-0.39, 0.29) is 18.5 Å². The predicted molar refractivity (Wildman–Crippen MR) is 122 cm³/mol. The average molecular weight is 456 g/mol. The molecule has 0 spiro atoms. The Labute approximate surface area is 189 Å². The van der Waals surface area contributed by atoms with E-state index in [0.29, 0.717) is 28.3 Å². The number of ether oxygens (including phenoxy) is 2. The van der Waals surface area contributed by atoms with E-state index in [2.05, 4.69) is 14.9 Å². The lowest BCUT2D eigenvalue weighted by Gasteiger charge is -2.18. The molecule has 1 N–H and O–H groups in total. The molecule has 1 aliphatic carbocycles. The number of benzene rings is 2. The van der Waals surface area contributed by atoms with Crippen molar-refractivity contribution in [2.75, 3.05) is 17.9 Å². The van der Waals surface area contributed by atoms with Gasteiger partial charge in [0, 0.05) is 22.8 Å². The number of amides is 1. The molecule has 1 fully saturated rings. The van der Waals surface area contributed by atoms with E-state index in [0.717, 1.165) is 29.3 Å². The van der Waals surface area contributed by atoms with Gasteiger partial charge in [-0.3, -0.25) is 4.79 Å². The van der Waals surface area contributed by atoms with E-state index < -0.39 is 0 Å². The van der Waals surface area contributed by atoms with Crippen LogP contribution in [0.15, 0.2) is 53.8 Å². The van der Waals surface area contributed by atoms with Gasteiger partial charge in [0.15, 0.2) is 16.7 Å². The number of anilines is 1. The molecule has 6 nitrogen and oxygen atoms in total. The van der Waals surface area contributed by atoms with Crippen LogP contribution in [0.5, 0.6) is 11.5 Å². The third kappa shape index (κ3) is 4.38. The summed E-state index contributed by atoms with van der Waals surface area (Å²) in [6.45, 7) is 0.211. The number of imidazole rings is 1. The fraction of sp³-hybridized carbons (Fsp3) is 0.304. The van der Waals surface area contributed by atoms with Crippen LogP contribution in [-0.2, 0) is 4.79 Å². The van der Waals surface area contributed by atoms with Crippen molar-refractivity contribution in [1.29, 1.82) is 0 Å². The van der Waals surface area contributed by atoms with E-state index in [1.165, 1.54) is 24.6 Å². The van der Waals surface area contributed by atoms with Crippen LogP contribution >= 0.6 is 23.4 Å². The van der Waals surface area contributed by atoms with E-state index >= 15 is 0 Å². The number of hydrogen-bond acceptors (Lipinski definition) is 5. The Balaban J connectivity index is 1.31. The van der Waals surface area contributed by atoms with Crippen molar-refractivity contribution < 1.29 is 14.3 Å². The van der Waals surface area contributed by atoms with Gasteiger partial charge in [-0.15, -0.1) is 0 Å². The number of nitrogens with one attached hydrogen (secondary N) is 1. The highest BCUT2D eigenvalue weighted by molar-refractivity contribution is 7.99. The zero-order valence-corrected chi connectivity index (χ0v) is 18.4. The fourth-order valence-corrected chi connectivity index (χ4v) is 5.07. The van der Waals surface area contributed by atoms with Crippen LogP contribution in [0, 0.1) is 0 Å². The Morgan fingerprint density at radius 2 is 1.90 bits per heavy atom. The van der Waals surface area contributed by atoms with Crippen LogP contribution in [-0.4, -0.2) is 28.0 Å². The van der Waals surface area contributed by atoms with Gasteiger partial charge in [0.05, 0.1) is 17.6 Å². The number of thioether (sulfide) groups is 1. The molecule has 1 amide bonds. The normalized spacial score (nSPS) is 15.4. The molecule has 5 rings (SSSR count). The van der Waals surface area contributed by atoms with Crippen molar-refractivity contribution >= 4 is 35.0 Å². The van der Waals surface area contributed by atoms with Gasteiger partial charge in [0.25, 0.3) is 0 Å². The lowest BCUT2D eigenvalue weighted by atomic mass is 10.1. The van der Waals surface area contributed by atoms with Gasteiger partial charge in [0.2, 0.25) is 12.7 Å². The molecule has 0 radical (unpaired) electrons. The molecule has 1 saturated carbocycles. The van der Waals surface area contributed by atoms with Crippen molar-refractivity contribution in [2.45, 2.75) is 36.9 Å². The van der Waals surface area contributed by atoms with Crippen LogP contribution in [0.4, 0.5) is 5.69 Å². The smallest absolute Gasteiger partial charge is 0.234 e. The average Bonchev–Trinajstić information content (AvgIpc) is 3.52. The number of carbonyl (C=O) groups excluding carboxylic acids is 1. The highest BCUT2D eigenvalue weighted by atomic mass is 35.5. The largest absolute Gasteiger partial charge is 0.454 e. The molecule has 160 valence electrons. The Kier molecular flexibility index (Phi) is 5.78. The third-order valence-corrected chi connectivity index (χ3v) is 6.80. The van der Waals surface area contributed by atoms with Crippen molar-refractivity contribution in [2.24, 2.45) is 0 Å². The quantitative estimate of drug-likeness (QED) is 0.477. The molecular weight excluding hydrogens is 434 g/mol. The molecular formula is C23H22ClN3O3S. The van der Waals surface area contributed by atoms with Gasteiger partial charge in [0.1, 0.15) is 0 Å². The number of rotatable bonds is 6. The zero-order valence-electron chi connectivity index (χ0n) is 16.8. The van der Waals surface area contributed by atoms with Crippen molar-refractivity contribution in [3.8, 4) is 22.8 Å². The maximum Gasteiger partial charge on any atom is 0.234 e. The second-order valence-corrected chi connectivity index (χ2v) is 9.03. The second-order valence-electron chi connectivity index (χ2n) is 7.65. The van der Waals surface area contributed by atoms with Gasteiger partial charge in [-0.05, 0) is 42.7 Å². The molecule has 1 aromatic heterocycles. The summed E-state index contributed by atoms with van der Waals surface area (Å²) < 4.78 is 13.0. The van der Waals surface area contributed by atoms with Crippen LogP contribution in [0.1, 0.15) is 31.7 Å². The molecule has 1 aliphatic heterocycles. The molecule has 2 aliphatic rings. The number of aromatic nitrogens is 2. The molecule has 2 heterocycles. The monoisotopic (exact) mass is 455 g/mol. The van der Waals surface area contributed by atoms with Crippen LogP contribution in [0.2, 0.25) is 5.02 Å². The Morgan fingerprint density at radius 1 is 1.13 bits per heavy atom. The topological polar surface area (TPSA) is 65.4 Å². The molecule has 0 unspecified atom stereocenters. The lowest BCUT2D eigenvalue weighted by Crippen LogP contribution is -2.15. The van der Waals surface area contributed by atoms with E-state index in [4.69, 9.17) is 21.1 Å². The first-order chi connectivity index (χ1) is 15.2. The minimum Gasteiger partial charge on any atom is -0.454 e. The molecule has 31 heavy (non-hydrogen) atoms. The summed E-state index contributed by atoms with van der Waals surface area (Å²) in [7, 11) is 0. The first-order valence-corrected chi connectivity index (χ1v) is 11.7. The molecule has 2 aromatic carbocycles. The Bertz CT molecular complexity index is 1090. The number of carbonyl (C=O) groups is 1. The molecule has 3 aromatic rings. The maximum absolute atomic E-state index is 12.6. The fourth-order valence-electron chi connectivity index (χ4n) is 4.10. The Morgan fingerprint density at radius 3 is 2.71 bits per heavy atom. The third-order valence-electron chi connectivity index (χ3n) is 5.58. The van der Waals surface area contributed by atoms with E-state index in [1.807, 2.05) is 36.5 Å². The molecule has 0 saturated heterocycles. The number of nitrogens with zero attached hydrogens (tertiary/aromatic N) is 2. The van der Waals surface area contributed by atoms with Gasteiger partial charge in [-0.2, -0.15) is 0 Å². The van der Waals surface area contributed by atoms with Gasteiger partial charge < -0.3 is 19.4 Å². The van der Waals surface area contributed by atoms with Crippen molar-refractivity contribution in [1.82, 2.24) is 9.55 Å². The van der Waals surface area contributed by atoms with Crippen molar-refractivity contribution in [3.05, 3.63) is 53.7 Å². The van der Waals surface area contributed by atoms with E-state index in [1.54, 1.807) is 12.1 Å². The molecule has 8 heteroatoms. The summed E-state index contributed by atoms with van der Waals surface area (Å²) >= 11 is 7.53. The lowest BCUT2D eigenvalue weighted by molar-refractivity contribution is -0.113. The summed E-state index contributed by atoms with van der Waals surface area (Å²) in [6.07, 6.45) is 6.61. The minimum atomic E-state index is -0.0853. The minimum absolute atomic E-state index is 0.0853. The number of hydrogen-bond donors (Lipinski definition) is 1. The predicted octanol–water partition coefficient (Wildman–Crippen LogP) is 5.78. The Hall–Kier alpha value is -2.64. The summed E-state index contributed by atoms with van der Waals surface area (Å²) in [5.41, 5.74) is 2.85. The first kappa shape index (κ1) is 20.3. The summed E-state index contributed by atoms with van der Waals surface area (Å²) in [5.74, 6) is 1.53. The van der Waals surface area contributed by atoms with E-state index in [9.17, 15) is 4.79 Å². The van der Waals surface area contributed by atoms with Gasteiger partial charge in [-0.1, -0.05) is 48.3 Å². The maximum atomic E-state index is 12.6. The van der Waals surface area contributed by atoms with Crippen LogP contribution in [0.3, 0.4) is 0 Å². The summed E-state index contributed by atoms with van der Waals surface area (Å²) in [6, 6.07) is 13.6. The molecule has 0 atom stereocenters. The van der Waals surface area contributed by atoms with Crippen LogP contribution in [0.25, 0.3) is 11.3 Å². The first-order valence-electron chi connectivity index (χ1n) is 10.3. The number of fused-ring (bicyclic) bond motifs is 1. The molecule has 0 bridgehead atoms. The zero-order chi connectivity index (χ0) is 21.2. The second kappa shape index (κ2) is 8.85. The SMILES string of the molecule is O=C(CSc1ncc(-c2ccc(Cl)cc2)n1C1CCCC1)Nc1ccc2c(c1)OCO2. The number of halogens is 1. The van der Waals surface area contributed by atoms with Crippen molar-refractivity contribution in [3.63, 3.8) is 0 Å². The summed E-state index contributed by atoms with van der Waals surface area (Å²) in [5, 5.41) is 4.51. The van der Waals surface area contributed by atoms with Crippen LogP contribution < -0.4 is 14.8 Å². The standard InChI is InChI=1S/C23H22ClN3O3S/c24-16-7-5-15(6-8-16)19-12-25-23(27(19)18-3-1-2-4-18)31-13-22(28)26-17-9-10-20-21(11-17)30-14-29-20/h5-12,18H,1-4,13-14H2,(H,26,28).